The Morgan fingerprint density at radius 3 is 2.38 bits per heavy atom. The second kappa shape index (κ2) is 12.3. The van der Waals surface area contributed by atoms with E-state index in [0.717, 1.165) is 23.9 Å². The number of hydrogen-bond acceptors (Lipinski definition) is 5. The number of benzene rings is 3. The smallest absolute Gasteiger partial charge is 0.276 e. The maximum absolute atomic E-state index is 13.4. The molecule has 0 bridgehead atoms. The van der Waals surface area contributed by atoms with Crippen LogP contribution < -0.4 is 10.9 Å². The van der Waals surface area contributed by atoms with Crippen LogP contribution in [0, 0.1) is 5.92 Å². The minimum absolute atomic E-state index is 0.261. The van der Waals surface area contributed by atoms with Gasteiger partial charge in [0.05, 0.1) is 23.2 Å². The highest BCUT2D eigenvalue weighted by Crippen LogP contribution is 2.30. The Kier molecular flexibility index (Phi) is 8.36. The topological polar surface area (TPSA) is 113 Å². The molecule has 0 aliphatic carbocycles. The molecule has 5 rings (SSSR count). The molecule has 3 N–H and O–H groups in total. The number of H-pyrrole nitrogens is 1. The second-order valence-electron chi connectivity index (χ2n) is 10.3. The summed E-state index contributed by atoms with van der Waals surface area (Å²) in [7, 11) is 0. The van der Waals surface area contributed by atoms with Gasteiger partial charge in [-0.25, -0.2) is 5.10 Å². The van der Waals surface area contributed by atoms with Gasteiger partial charge in [0.2, 0.25) is 0 Å². The molecule has 0 atom stereocenters. The number of para-hydroxylation sites is 1. The number of carbonyl (C=O) groups is 1. The molecule has 0 fully saturated rings. The van der Waals surface area contributed by atoms with Crippen LogP contribution in [0.4, 0.5) is 5.69 Å². The average Bonchev–Trinajstić information content (AvgIpc) is 3.35. The van der Waals surface area contributed by atoms with E-state index in [9.17, 15) is 14.7 Å². The molecule has 5 aromatic rings. The van der Waals surface area contributed by atoms with E-state index in [1.54, 1.807) is 30.3 Å². The van der Waals surface area contributed by atoms with Crippen LogP contribution in [0.15, 0.2) is 71.5 Å². The molecule has 0 radical (unpaired) electrons. The zero-order valence-corrected chi connectivity index (χ0v) is 23.0. The number of fused-ring (bicyclic) bond motifs is 2. The van der Waals surface area contributed by atoms with E-state index in [0.29, 0.717) is 44.9 Å². The van der Waals surface area contributed by atoms with E-state index in [1.807, 2.05) is 41.1 Å². The van der Waals surface area contributed by atoms with Crippen LogP contribution in [0.1, 0.15) is 62.0 Å². The largest absolute Gasteiger partial charge is 0.392 e. The molecule has 206 valence electrons. The molecule has 0 unspecified atom stereocenters. The minimum atomic E-state index is -0.308. The number of hydrogen-bond donors (Lipinski definition) is 3. The van der Waals surface area contributed by atoms with Gasteiger partial charge in [0.25, 0.3) is 11.5 Å². The van der Waals surface area contributed by atoms with Crippen LogP contribution in [-0.4, -0.2) is 31.0 Å². The standard InChI is InChI=1S/C32H35N5O3/c1-3-9-21(10-4-2)17-18-37-28-14-8-7-13-27(28)30(36-37)32(40)33-23-15-16-24(22(19-23)20-38)29-25-11-5-6-12-26(25)31(39)35-34-29/h5-8,11-16,19,21,38H,3-4,9-10,17-18,20H2,1-2H3,(H,33,40)(H,35,39). The van der Waals surface area contributed by atoms with E-state index in [4.69, 9.17) is 5.10 Å². The Morgan fingerprint density at radius 1 is 0.950 bits per heavy atom. The lowest BCUT2D eigenvalue weighted by molar-refractivity contribution is 0.102. The highest BCUT2D eigenvalue weighted by Gasteiger charge is 2.19. The summed E-state index contributed by atoms with van der Waals surface area (Å²) in [6.45, 7) is 4.95. The van der Waals surface area contributed by atoms with E-state index < -0.39 is 0 Å². The van der Waals surface area contributed by atoms with Gasteiger partial charge < -0.3 is 10.4 Å². The Labute approximate surface area is 233 Å². The summed E-state index contributed by atoms with van der Waals surface area (Å²) in [4.78, 5) is 25.7. The monoisotopic (exact) mass is 537 g/mol. The number of anilines is 1. The second-order valence-corrected chi connectivity index (χ2v) is 10.3. The van der Waals surface area contributed by atoms with Gasteiger partial charge in [-0.1, -0.05) is 82.0 Å². The number of nitrogens with one attached hydrogen (secondary N) is 2. The number of aryl methyl sites for hydroxylation is 1. The fourth-order valence-electron chi connectivity index (χ4n) is 5.56. The summed E-state index contributed by atoms with van der Waals surface area (Å²) in [5, 5.41) is 26.7. The quantitative estimate of drug-likeness (QED) is 0.183. The highest BCUT2D eigenvalue weighted by atomic mass is 16.3. The van der Waals surface area contributed by atoms with Crippen LogP contribution in [-0.2, 0) is 13.2 Å². The number of aliphatic hydroxyl groups is 1. The van der Waals surface area contributed by atoms with Crippen LogP contribution in [0.25, 0.3) is 32.9 Å². The van der Waals surface area contributed by atoms with E-state index >= 15 is 0 Å². The van der Waals surface area contributed by atoms with Crippen molar-refractivity contribution in [3.05, 3.63) is 88.3 Å². The van der Waals surface area contributed by atoms with Crippen molar-refractivity contribution in [2.24, 2.45) is 5.92 Å². The molecule has 40 heavy (non-hydrogen) atoms. The van der Waals surface area contributed by atoms with Gasteiger partial charge in [0, 0.05) is 28.6 Å². The summed E-state index contributed by atoms with van der Waals surface area (Å²) in [6.07, 6.45) is 5.77. The van der Waals surface area contributed by atoms with Crippen molar-refractivity contribution in [1.82, 2.24) is 20.0 Å². The van der Waals surface area contributed by atoms with Crippen molar-refractivity contribution >= 4 is 33.3 Å². The third-order valence-corrected chi connectivity index (χ3v) is 7.50. The number of aliphatic hydroxyl groups excluding tert-OH is 1. The van der Waals surface area contributed by atoms with Crippen LogP contribution in [0.5, 0.6) is 0 Å². The summed E-state index contributed by atoms with van der Waals surface area (Å²) in [5.41, 5.74) is 3.41. The number of amides is 1. The fourth-order valence-corrected chi connectivity index (χ4v) is 5.56. The predicted molar refractivity (Wildman–Crippen MR) is 159 cm³/mol. The summed E-state index contributed by atoms with van der Waals surface area (Å²) >= 11 is 0. The van der Waals surface area contributed by atoms with Crippen molar-refractivity contribution in [3.63, 3.8) is 0 Å². The summed E-state index contributed by atoms with van der Waals surface area (Å²) < 4.78 is 1.96. The number of carbonyl (C=O) groups excluding carboxylic acids is 1. The van der Waals surface area contributed by atoms with Gasteiger partial charge in [-0.3, -0.25) is 14.3 Å². The summed E-state index contributed by atoms with van der Waals surface area (Å²) in [5.74, 6) is 0.345. The van der Waals surface area contributed by atoms with Crippen molar-refractivity contribution in [2.75, 3.05) is 5.32 Å². The molecule has 0 saturated heterocycles. The Bertz CT molecular complexity index is 1700. The number of aromatic nitrogens is 4. The lowest BCUT2D eigenvalue weighted by Gasteiger charge is -2.15. The van der Waals surface area contributed by atoms with Crippen molar-refractivity contribution in [3.8, 4) is 11.3 Å². The van der Waals surface area contributed by atoms with Crippen molar-refractivity contribution in [1.29, 1.82) is 0 Å². The zero-order valence-electron chi connectivity index (χ0n) is 23.0. The maximum Gasteiger partial charge on any atom is 0.276 e. The van der Waals surface area contributed by atoms with E-state index in [-0.39, 0.29) is 18.1 Å². The molecule has 0 aliphatic rings. The molecule has 0 saturated carbocycles. The Morgan fingerprint density at radius 2 is 1.65 bits per heavy atom. The number of nitrogens with zero attached hydrogens (tertiary/aromatic N) is 3. The molecular formula is C32H35N5O3. The molecule has 8 nitrogen and oxygen atoms in total. The number of rotatable bonds is 11. The van der Waals surface area contributed by atoms with Gasteiger partial charge >= 0.3 is 0 Å². The van der Waals surface area contributed by atoms with Gasteiger partial charge in [-0.05, 0) is 42.2 Å². The lowest BCUT2D eigenvalue weighted by atomic mass is 9.95. The minimum Gasteiger partial charge on any atom is -0.392 e. The van der Waals surface area contributed by atoms with Crippen molar-refractivity contribution < 1.29 is 9.90 Å². The average molecular weight is 538 g/mol. The molecular weight excluding hydrogens is 502 g/mol. The molecule has 8 heteroatoms. The van der Waals surface area contributed by atoms with Gasteiger partial charge in [0.1, 0.15) is 0 Å². The van der Waals surface area contributed by atoms with Gasteiger partial charge in [-0.2, -0.15) is 10.2 Å². The summed E-state index contributed by atoms with van der Waals surface area (Å²) in [6, 6.07) is 20.3. The normalized spacial score (nSPS) is 11.5. The molecule has 0 spiro atoms. The zero-order chi connectivity index (χ0) is 28.1. The fraction of sp³-hybridized carbons (Fsp3) is 0.312. The van der Waals surface area contributed by atoms with E-state index in [2.05, 4.69) is 29.4 Å². The molecule has 3 aromatic carbocycles. The number of aromatic amines is 1. The first-order chi connectivity index (χ1) is 19.5. The molecule has 1 amide bonds. The maximum atomic E-state index is 13.4. The first-order valence-corrected chi connectivity index (χ1v) is 14.0. The highest BCUT2D eigenvalue weighted by molar-refractivity contribution is 6.11. The lowest BCUT2D eigenvalue weighted by Crippen LogP contribution is -2.15. The first-order valence-electron chi connectivity index (χ1n) is 14.0. The van der Waals surface area contributed by atoms with Crippen molar-refractivity contribution in [2.45, 2.75) is 59.1 Å². The third-order valence-electron chi connectivity index (χ3n) is 7.50. The van der Waals surface area contributed by atoms with Crippen LogP contribution in [0.2, 0.25) is 0 Å². The van der Waals surface area contributed by atoms with E-state index in [1.165, 1.54) is 25.7 Å². The first kappa shape index (κ1) is 27.3. The molecule has 2 heterocycles. The van der Waals surface area contributed by atoms with Crippen LogP contribution in [0.3, 0.4) is 0 Å². The Hall–Kier alpha value is -4.30. The van der Waals surface area contributed by atoms with Crippen LogP contribution >= 0.6 is 0 Å². The molecule has 2 aromatic heterocycles. The SMILES string of the molecule is CCCC(CCC)CCn1nc(C(=O)Nc2ccc(-c3n[nH]c(=O)c4ccccc34)c(CO)c2)c2ccccc21. The van der Waals surface area contributed by atoms with Gasteiger partial charge in [0.15, 0.2) is 5.69 Å². The Balaban J connectivity index is 1.42. The third kappa shape index (κ3) is 5.53. The molecule has 0 aliphatic heterocycles. The predicted octanol–water partition coefficient (Wildman–Crippen LogP) is 6.29. The van der Waals surface area contributed by atoms with Gasteiger partial charge in [-0.15, -0.1) is 0 Å².